The van der Waals surface area contributed by atoms with E-state index in [0.29, 0.717) is 11.5 Å². The fraction of sp³-hybridized carbons (Fsp3) is 0.417. The molecule has 1 aliphatic rings. The van der Waals surface area contributed by atoms with Crippen molar-refractivity contribution < 1.29 is 14.3 Å². The summed E-state index contributed by atoms with van der Waals surface area (Å²) >= 11 is 0. The van der Waals surface area contributed by atoms with Gasteiger partial charge in [-0.05, 0) is 62.8 Å². The van der Waals surface area contributed by atoms with Crippen LogP contribution in [-0.2, 0) is 6.42 Å². The zero-order valence-electron chi connectivity index (χ0n) is 16.5. The molecule has 3 rings (SSSR count). The number of allylic oxidation sites excluding steroid dienone is 2. The van der Waals surface area contributed by atoms with Gasteiger partial charge in [0, 0.05) is 11.5 Å². The molecule has 0 saturated carbocycles. The van der Waals surface area contributed by atoms with Gasteiger partial charge in [0.25, 0.3) is 0 Å². The molecule has 0 amide bonds. The molecule has 1 N–H and O–H groups in total. The van der Waals surface area contributed by atoms with Crippen molar-refractivity contribution in [3.8, 4) is 22.8 Å². The molecule has 3 heteroatoms. The van der Waals surface area contributed by atoms with Crippen LogP contribution in [0.1, 0.15) is 69.4 Å². The summed E-state index contributed by atoms with van der Waals surface area (Å²) in [6.07, 6.45) is 12.9. The van der Waals surface area contributed by atoms with Crippen molar-refractivity contribution in [2.24, 2.45) is 0 Å². The molecule has 1 aliphatic carbocycles. The zero-order valence-corrected chi connectivity index (χ0v) is 16.5. The summed E-state index contributed by atoms with van der Waals surface area (Å²) < 4.78 is 11.4. The van der Waals surface area contributed by atoms with E-state index in [1.165, 1.54) is 11.8 Å². The highest BCUT2D eigenvalue weighted by Crippen LogP contribution is 2.48. The molecule has 0 radical (unpaired) electrons. The molecule has 1 atom stereocenters. The highest BCUT2D eigenvalue weighted by Gasteiger charge is 2.27. The first kappa shape index (κ1) is 19.3. The fourth-order valence-corrected chi connectivity index (χ4v) is 4.05. The number of ether oxygens (including phenoxy) is 1. The van der Waals surface area contributed by atoms with Crippen LogP contribution in [0.2, 0.25) is 0 Å². The first-order valence-corrected chi connectivity index (χ1v) is 10.0. The second kappa shape index (κ2) is 8.98. The Hall–Kier alpha value is -2.42. The molecule has 0 saturated heterocycles. The van der Waals surface area contributed by atoms with Gasteiger partial charge >= 0.3 is 0 Å². The number of aryl methyl sites for hydroxylation is 1. The zero-order chi connectivity index (χ0) is 19.2. The molecule has 2 aromatic rings. The topological polar surface area (TPSA) is 42.6 Å². The Morgan fingerprint density at radius 2 is 2.22 bits per heavy atom. The summed E-state index contributed by atoms with van der Waals surface area (Å²) in [4.78, 5) is 0. The van der Waals surface area contributed by atoms with Gasteiger partial charge in [-0.15, -0.1) is 0 Å². The van der Waals surface area contributed by atoms with Crippen molar-refractivity contribution in [1.82, 2.24) is 0 Å². The van der Waals surface area contributed by atoms with Gasteiger partial charge < -0.3 is 14.3 Å². The first-order valence-electron chi connectivity index (χ1n) is 10.0. The third-order valence-electron chi connectivity index (χ3n) is 5.35. The maximum atomic E-state index is 11.3. The molecule has 144 valence electrons. The molecule has 0 spiro atoms. The summed E-state index contributed by atoms with van der Waals surface area (Å²) in [5, 5.41) is 11.3. The quantitative estimate of drug-likeness (QED) is 0.307. The third kappa shape index (κ3) is 4.29. The van der Waals surface area contributed by atoms with Crippen molar-refractivity contribution in [2.45, 2.75) is 64.7 Å². The summed E-state index contributed by atoms with van der Waals surface area (Å²) in [7, 11) is 0. The van der Waals surface area contributed by atoms with Crippen LogP contribution in [0, 0.1) is 0 Å². The number of rotatable bonds is 8. The lowest BCUT2D eigenvalue weighted by Crippen LogP contribution is -2.06. The number of unbranched alkanes of at least 4 members (excludes halogenated alkanes) is 2. The minimum atomic E-state index is 0.145. The SMILES string of the molecule is C=COc1cc(CCCCC)c(-c2ccco2)c(O)c1[C@@H]1C=C(C)CCC1. The smallest absolute Gasteiger partial charge is 0.137 e. The lowest BCUT2D eigenvalue weighted by molar-refractivity contribution is 0.432. The molecule has 0 fully saturated rings. The molecule has 1 heterocycles. The maximum Gasteiger partial charge on any atom is 0.137 e. The van der Waals surface area contributed by atoms with E-state index in [4.69, 9.17) is 9.15 Å². The van der Waals surface area contributed by atoms with Gasteiger partial charge in [0.2, 0.25) is 0 Å². The van der Waals surface area contributed by atoms with Crippen LogP contribution >= 0.6 is 0 Å². The lowest BCUT2D eigenvalue weighted by atomic mass is 9.82. The second-order valence-corrected chi connectivity index (χ2v) is 7.40. The number of phenols is 1. The van der Waals surface area contributed by atoms with Crippen LogP contribution in [0.5, 0.6) is 11.5 Å². The highest BCUT2D eigenvalue weighted by atomic mass is 16.5. The Morgan fingerprint density at radius 1 is 1.37 bits per heavy atom. The van der Waals surface area contributed by atoms with E-state index in [9.17, 15) is 5.11 Å². The van der Waals surface area contributed by atoms with Crippen molar-refractivity contribution in [3.63, 3.8) is 0 Å². The Morgan fingerprint density at radius 3 is 2.89 bits per heavy atom. The van der Waals surface area contributed by atoms with E-state index >= 15 is 0 Å². The monoisotopic (exact) mass is 366 g/mol. The average molecular weight is 367 g/mol. The molecule has 0 bridgehead atoms. The van der Waals surface area contributed by atoms with Gasteiger partial charge in [0.15, 0.2) is 0 Å². The van der Waals surface area contributed by atoms with Crippen molar-refractivity contribution in [1.29, 1.82) is 0 Å². The standard InChI is InChI=1S/C24H30O3/c1-4-6-7-11-19-16-21(26-5-2)23(18-12-8-10-17(3)15-18)24(25)22(19)20-13-9-14-27-20/h5,9,13-16,18,25H,2,4,6-8,10-12H2,1,3H3/t18-/m0/s1. The van der Waals surface area contributed by atoms with Gasteiger partial charge in [0.1, 0.15) is 17.3 Å². The van der Waals surface area contributed by atoms with E-state index in [2.05, 4.69) is 32.6 Å². The Kier molecular flexibility index (Phi) is 6.44. The predicted molar refractivity (Wildman–Crippen MR) is 110 cm³/mol. The van der Waals surface area contributed by atoms with E-state index in [-0.39, 0.29) is 11.7 Å². The van der Waals surface area contributed by atoms with Crippen LogP contribution in [-0.4, -0.2) is 5.11 Å². The largest absolute Gasteiger partial charge is 0.507 e. The number of hydrogen-bond acceptors (Lipinski definition) is 3. The van der Waals surface area contributed by atoms with Crippen LogP contribution in [0.25, 0.3) is 11.3 Å². The molecular weight excluding hydrogens is 336 g/mol. The Balaban J connectivity index is 2.15. The fourth-order valence-electron chi connectivity index (χ4n) is 4.05. The normalized spacial score (nSPS) is 16.8. The summed E-state index contributed by atoms with van der Waals surface area (Å²) in [5.74, 6) is 1.85. The Labute approximate surface area is 162 Å². The molecule has 1 aromatic carbocycles. The molecule has 0 aliphatic heterocycles. The van der Waals surface area contributed by atoms with E-state index < -0.39 is 0 Å². The van der Waals surface area contributed by atoms with Crippen LogP contribution in [0.15, 0.2) is 53.4 Å². The average Bonchev–Trinajstić information content (AvgIpc) is 3.16. The lowest BCUT2D eigenvalue weighted by Gasteiger charge is -2.25. The van der Waals surface area contributed by atoms with E-state index in [0.717, 1.165) is 61.6 Å². The molecular formula is C24H30O3. The van der Waals surface area contributed by atoms with Crippen LogP contribution in [0.3, 0.4) is 0 Å². The minimum absolute atomic E-state index is 0.145. The minimum Gasteiger partial charge on any atom is -0.507 e. The molecule has 0 unspecified atom stereocenters. The van der Waals surface area contributed by atoms with Crippen LogP contribution < -0.4 is 4.74 Å². The van der Waals surface area contributed by atoms with Gasteiger partial charge in [-0.1, -0.05) is 38.0 Å². The number of hydrogen-bond donors (Lipinski definition) is 1. The van der Waals surface area contributed by atoms with Crippen molar-refractivity contribution in [2.75, 3.05) is 0 Å². The second-order valence-electron chi connectivity index (χ2n) is 7.40. The van der Waals surface area contributed by atoms with Gasteiger partial charge in [-0.3, -0.25) is 0 Å². The Bertz CT molecular complexity index is 800. The number of phenolic OH excluding ortho intramolecular Hbond substituents is 1. The maximum absolute atomic E-state index is 11.3. The van der Waals surface area contributed by atoms with Crippen molar-refractivity contribution >= 4 is 0 Å². The van der Waals surface area contributed by atoms with E-state index in [1.807, 2.05) is 12.1 Å². The van der Waals surface area contributed by atoms with E-state index in [1.54, 1.807) is 6.26 Å². The molecule has 3 nitrogen and oxygen atoms in total. The van der Waals surface area contributed by atoms with Gasteiger partial charge in [0.05, 0.1) is 18.1 Å². The molecule has 1 aromatic heterocycles. The summed E-state index contributed by atoms with van der Waals surface area (Å²) in [5.41, 5.74) is 4.08. The summed E-state index contributed by atoms with van der Waals surface area (Å²) in [6, 6.07) is 5.85. The first-order chi connectivity index (χ1) is 13.2. The number of aromatic hydroxyl groups is 1. The van der Waals surface area contributed by atoms with Gasteiger partial charge in [-0.2, -0.15) is 0 Å². The van der Waals surface area contributed by atoms with Crippen LogP contribution in [0.4, 0.5) is 0 Å². The summed E-state index contributed by atoms with van der Waals surface area (Å²) in [6.45, 7) is 8.08. The van der Waals surface area contributed by atoms with Gasteiger partial charge in [-0.25, -0.2) is 0 Å². The predicted octanol–water partition coefficient (Wildman–Crippen LogP) is 7.12. The third-order valence-corrected chi connectivity index (χ3v) is 5.35. The number of furan rings is 1. The highest BCUT2D eigenvalue weighted by molar-refractivity contribution is 5.75. The van der Waals surface area contributed by atoms with Crippen molar-refractivity contribution in [3.05, 3.63) is 60.1 Å². The number of benzene rings is 1. The molecule has 27 heavy (non-hydrogen) atoms.